The number of sulfonamides is 1. The predicted octanol–water partition coefficient (Wildman–Crippen LogP) is 1.58. The molecule has 0 saturated carbocycles. The summed E-state index contributed by atoms with van der Waals surface area (Å²) in [5.74, 6) is 0. The largest absolute Gasteiger partial charge is 0.444 e. The van der Waals surface area contributed by atoms with Gasteiger partial charge in [0.05, 0.1) is 4.90 Å². The SMILES string of the molecule is Cc1ccc(S(N)(=O)=O)cc1NCCNC(=O)OC(C)(C)C. The number of nitrogens with two attached hydrogens (primary N) is 1. The molecule has 0 saturated heterocycles. The minimum atomic E-state index is -3.74. The van der Waals surface area contributed by atoms with Crippen molar-refractivity contribution in [2.24, 2.45) is 5.14 Å². The van der Waals surface area contributed by atoms with Gasteiger partial charge in [0.15, 0.2) is 0 Å². The Morgan fingerprint density at radius 2 is 1.91 bits per heavy atom. The van der Waals surface area contributed by atoms with Crippen molar-refractivity contribution in [2.75, 3.05) is 18.4 Å². The highest BCUT2D eigenvalue weighted by molar-refractivity contribution is 7.89. The number of amides is 1. The van der Waals surface area contributed by atoms with Crippen LogP contribution in [0.3, 0.4) is 0 Å². The first-order valence-electron chi connectivity index (χ1n) is 6.83. The number of primary sulfonamides is 1. The van der Waals surface area contributed by atoms with Crippen LogP contribution in [-0.2, 0) is 14.8 Å². The number of hydrogen-bond acceptors (Lipinski definition) is 5. The third-order valence-electron chi connectivity index (χ3n) is 2.65. The monoisotopic (exact) mass is 329 g/mol. The number of hydrogen-bond donors (Lipinski definition) is 3. The topological polar surface area (TPSA) is 111 Å². The molecule has 124 valence electrons. The average Bonchev–Trinajstić information content (AvgIpc) is 2.33. The summed E-state index contributed by atoms with van der Waals surface area (Å²) < 4.78 is 27.8. The van der Waals surface area contributed by atoms with E-state index < -0.39 is 21.7 Å². The van der Waals surface area contributed by atoms with Crippen molar-refractivity contribution in [3.8, 4) is 0 Å². The Labute approximate surface area is 131 Å². The van der Waals surface area contributed by atoms with Crippen molar-refractivity contribution < 1.29 is 17.9 Å². The molecule has 1 aromatic rings. The zero-order valence-corrected chi connectivity index (χ0v) is 14.1. The van der Waals surface area contributed by atoms with Gasteiger partial charge in [0, 0.05) is 18.8 Å². The average molecular weight is 329 g/mol. The lowest BCUT2D eigenvalue weighted by atomic mass is 10.2. The molecule has 0 atom stereocenters. The fourth-order valence-corrected chi connectivity index (χ4v) is 2.18. The van der Waals surface area contributed by atoms with Gasteiger partial charge in [-0.1, -0.05) is 6.07 Å². The van der Waals surface area contributed by atoms with E-state index in [9.17, 15) is 13.2 Å². The van der Waals surface area contributed by atoms with Crippen molar-refractivity contribution in [3.63, 3.8) is 0 Å². The van der Waals surface area contributed by atoms with Gasteiger partial charge >= 0.3 is 6.09 Å². The normalized spacial score (nSPS) is 11.9. The fraction of sp³-hybridized carbons (Fsp3) is 0.500. The van der Waals surface area contributed by atoms with Crippen LogP contribution in [0.25, 0.3) is 0 Å². The van der Waals surface area contributed by atoms with Crippen LogP contribution in [-0.4, -0.2) is 33.2 Å². The molecule has 0 unspecified atom stereocenters. The zero-order valence-electron chi connectivity index (χ0n) is 13.3. The van der Waals surface area contributed by atoms with E-state index >= 15 is 0 Å². The molecule has 0 bridgehead atoms. The Kier molecular flexibility index (Phi) is 5.78. The number of benzene rings is 1. The highest BCUT2D eigenvalue weighted by Crippen LogP contribution is 2.19. The first kappa shape index (κ1) is 18.2. The number of carbonyl (C=O) groups excluding carboxylic acids is 1. The molecule has 0 heterocycles. The molecule has 1 amide bonds. The standard InChI is InChI=1S/C14H23N3O4S/c1-10-5-6-11(22(15,19)20)9-12(10)16-7-8-17-13(18)21-14(2,3)4/h5-6,9,16H,7-8H2,1-4H3,(H,17,18)(H2,15,19,20). The Bertz CT molecular complexity index is 636. The van der Waals surface area contributed by atoms with Gasteiger partial charge in [0.2, 0.25) is 10.0 Å². The number of carbonyl (C=O) groups is 1. The molecule has 0 radical (unpaired) electrons. The van der Waals surface area contributed by atoms with Crippen LogP contribution in [0.5, 0.6) is 0 Å². The molecular weight excluding hydrogens is 306 g/mol. The van der Waals surface area contributed by atoms with Gasteiger partial charge in [-0.3, -0.25) is 0 Å². The van der Waals surface area contributed by atoms with Gasteiger partial charge in [0.25, 0.3) is 0 Å². The van der Waals surface area contributed by atoms with Gasteiger partial charge in [-0.05, 0) is 45.4 Å². The molecule has 0 fully saturated rings. The minimum Gasteiger partial charge on any atom is -0.444 e. The lowest BCUT2D eigenvalue weighted by Crippen LogP contribution is -2.35. The molecule has 8 heteroatoms. The molecule has 1 rings (SSSR count). The van der Waals surface area contributed by atoms with E-state index in [1.807, 2.05) is 6.92 Å². The second-order valence-electron chi connectivity index (χ2n) is 5.88. The Balaban J connectivity index is 2.54. The summed E-state index contributed by atoms with van der Waals surface area (Å²) in [7, 11) is -3.74. The van der Waals surface area contributed by atoms with Gasteiger partial charge in [-0.25, -0.2) is 18.4 Å². The fourth-order valence-electron chi connectivity index (χ4n) is 1.64. The van der Waals surface area contributed by atoms with Crippen LogP contribution in [0.15, 0.2) is 23.1 Å². The highest BCUT2D eigenvalue weighted by Gasteiger charge is 2.15. The van der Waals surface area contributed by atoms with Gasteiger partial charge < -0.3 is 15.4 Å². The number of ether oxygens (including phenoxy) is 1. The molecule has 0 aromatic heterocycles. The van der Waals surface area contributed by atoms with Crippen molar-refractivity contribution in [2.45, 2.75) is 38.2 Å². The van der Waals surface area contributed by atoms with E-state index in [4.69, 9.17) is 9.88 Å². The second-order valence-corrected chi connectivity index (χ2v) is 7.44. The van der Waals surface area contributed by atoms with Crippen LogP contribution in [0, 0.1) is 6.92 Å². The molecule has 0 spiro atoms. The quantitative estimate of drug-likeness (QED) is 0.710. The number of alkyl carbamates (subject to hydrolysis) is 1. The van der Waals surface area contributed by atoms with Crippen molar-refractivity contribution >= 4 is 21.8 Å². The van der Waals surface area contributed by atoms with Crippen LogP contribution < -0.4 is 15.8 Å². The first-order chi connectivity index (χ1) is 9.99. The minimum absolute atomic E-state index is 0.0423. The van der Waals surface area contributed by atoms with E-state index in [0.29, 0.717) is 18.8 Å². The van der Waals surface area contributed by atoms with Gasteiger partial charge in [-0.15, -0.1) is 0 Å². The van der Waals surface area contributed by atoms with Gasteiger partial charge in [0.1, 0.15) is 5.60 Å². The summed E-state index contributed by atoms with van der Waals surface area (Å²) in [5, 5.41) is 10.8. The molecule has 22 heavy (non-hydrogen) atoms. The van der Waals surface area contributed by atoms with E-state index in [2.05, 4.69) is 10.6 Å². The molecule has 1 aromatic carbocycles. The lowest BCUT2D eigenvalue weighted by Gasteiger charge is -2.19. The molecule has 0 aliphatic rings. The van der Waals surface area contributed by atoms with E-state index in [0.717, 1.165) is 5.56 Å². The second kappa shape index (κ2) is 6.97. The van der Waals surface area contributed by atoms with E-state index in [-0.39, 0.29) is 4.90 Å². The van der Waals surface area contributed by atoms with Gasteiger partial charge in [-0.2, -0.15) is 0 Å². The molecule has 0 aliphatic carbocycles. The van der Waals surface area contributed by atoms with E-state index in [1.54, 1.807) is 26.8 Å². The summed E-state index contributed by atoms with van der Waals surface area (Å²) in [5.41, 5.74) is 0.986. The Morgan fingerprint density at radius 1 is 1.27 bits per heavy atom. The van der Waals surface area contributed by atoms with Crippen LogP contribution in [0.1, 0.15) is 26.3 Å². The highest BCUT2D eigenvalue weighted by atomic mass is 32.2. The maximum absolute atomic E-state index is 11.5. The van der Waals surface area contributed by atoms with E-state index in [1.165, 1.54) is 12.1 Å². The number of nitrogens with one attached hydrogen (secondary N) is 2. The molecule has 0 aliphatic heterocycles. The number of aryl methyl sites for hydroxylation is 1. The summed E-state index contributed by atoms with van der Waals surface area (Å²) in [6.07, 6.45) is -0.496. The maximum Gasteiger partial charge on any atom is 0.407 e. The first-order valence-corrected chi connectivity index (χ1v) is 8.38. The molecule has 4 N–H and O–H groups in total. The number of anilines is 1. The third-order valence-corrected chi connectivity index (χ3v) is 3.56. The number of rotatable bonds is 5. The zero-order chi connectivity index (χ0) is 17.0. The van der Waals surface area contributed by atoms with Crippen molar-refractivity contribution in [1.82, 2.24) is 5.32 Å². The molecular formula is C14H23N3O4S. The summed E-state index contributed by atoms with van der Waals surface area (Å²) in [4.78, 5) is 11.5. The van der Waals surface area contributed by atoms with Crippen LogP contribution in [0.4, 0.5) is 10.5 Å². The predicted molar refractivity (Wildman–Crippen MR) is 85.3 cm³/mol. The van der Waals surface area contributed by atoms with Crippen molar-refractivity contribution in [1.29, 1.82) is 0 Å². The summed E-state index contributed by atoms with van der Waals surface area (Å²) in [6, 6.07) is 4.59. The molecule has 7 nitrogen and oxygen atoms in total. The summed E-state index contributed by atoms with van der Waals surface area (Å²) >= 11 is 0. The Hall–Kier alpha value is -1.80. The van der Waals surface area contributed by atoms with Crippen LogP contribution >= 0.6 is 0 Å². The van der Waals surface area contributed by atoms with Crippen LogP contribution in [0.2, 0.25) is 0 Å². The van der Waals surface area contributed by atoms with Crippen molar-refractivity contribution in [3.05, 3.63) is 23.8 Å². The lowest BCUT2D eigenvalue weighted by molar-refractivity contribution is 0.0530. The summed E-state index contributed by atoms with van der Waals surface area (Å²) in [6.45, 7) is 7.96. The smallest absolute Gasteiger partial charge is 0.407 e. The maximum atomic E-state index is 11.5. The third kappa shape index (κ3) is 6.31. The Morgan fingerprint density at radius 3 is 2.45 bits per heavy atom.